The summed E-state index contributed by atoms with van der Waals surface area (Å²) in [5, 5.41) is 2.13. The number of carbonyl (C=O) groups is 2. The number of hydrogen-bond donors (Lipinski definition) is 1. The Morgan fingerprint density at radius 2 is 1.91 bits per heavy atom. The van der Waals surface area contributed by atoms with Crippen LogP contribution in [-0.4, -0.2) is 23.3 Å². The van der Waals surface area contributed by atoms with Crippen molar-refractivity contribution in [3.63, 3.8) is 0 Å². The zero-order valence-corrected chi connectivity index (χ0v) is 17.9. The van der Waals surface area contributed by atoms with Gasteiger partial charge in [-0.05, 0) is 42.5 Å². The molecule has 168 valence electrons. The zero-order chi connectivity index (χ0) is 22.9. The van der Waals surface area contributed by atoms with Crippen molar-refractivity contribution in [3.05, 3.63) is 76.8 Å². The number of hydrogen-bond acceptors (Lipinski definition) is 2. The third-order valence-corrected chi connectivity index (χ3v) is 6.42. The topological polar surface area (TPSA) is 49.4 Å². The molecule has 0 spiro atoms. The highest BCUT2D eigenvalue weighted by molar-refractivity contribution is 6.31. The van der Waals surface area contributed by atoms with Crippen molar-refractivity contribution in [2.45, 2.75) is 25.6 Å². The van der Waals surface area contributed by atoms with Gasteiger partial charge in [0.05, 0.1) is 22.4 Å². The van der Waals surface area contributed by atoms with Crippen LogP contribution in [0.1, 0.15) is 24.0 Å². The molecule has 2 aromatic rings. The summed E-state index contributed by atoms with van der Waals surface area (Å²) in [5.41, 5.74) is -0.00381. The van der Waals surface area contributed by atoms with Crippen molar-refractivity contribution in [3.8, 4) is 0 Å². The molecule has 8 heteroatoms. The number of fused-ring (bicyclic) bond motifs is 1. The molecule has 3 atom stereocenters. The standard InChI is InChI=1S/C24H22ClF3N2O2/c25-20-10-9-17(13-19(20)24(26,27)28)29-22(31)18-8-4-7-16-11-12-30(23(32)21(16)18)14-15-5-2-1-3-6-15/h1-7,9-10,13,16,18,21H,8,11-12,14H2,(H,29,31)/t16?,18-,21?/m0/s1. The van der Waals surface area contributed by atoms with Crippen molar-refractivity contribution < 1.29 is 22.8 Å². The molecule has 1 N–H and O–H groups in total. The Morgan fingerprint density at radius 1 is 1.16 bits per heavy atom. The minimum absolute atomic E-state index is 0.00206. The molecule has 2 aromatic carbocycles. The van der Waals surface area contributed by atoms with E-state index in [-0.39, 0.29) is 17.5 Å². The summed E-state index contributed by atoms with van der Waals surface area (Å²) in [5.74, 6) is -1.81. The molecule has 4 rings (SSSR count). The van der Waals surface area contributed by atoms with Crippen LogP contribution in [0.25, 0.3) is 0 Å². The zero-order valence-electron chi connectivity index (χ0n) is 17.1. The van der Waals surface area contributed by atoms with E-state index >= 15 is 0 Å². The average molecular weight is 463 g/mol. The molecule has 0 aromatic heterocycles. The fraction of sp³-hybridized carbons (Fsp3) is 0.333. The quantitative estimate of drug-likeness (QED) is 0.607. The van der Waals surface area contributed by atoms with E-state index in [0.29, 0.717) is 19.5 Å². The normalized spacial score (nSPS) is 23.1. The van der Waals surface area contributed by atoms with Crippen LogP contribution in [0, 0.1) is 17.8 Å². The van der Waals surface area contributed by atoms with Crippen molar-refractivity contribution in [1.29, 1.82) is 0 Å². The summed E-state index contributed by atoms with van der Waals surface area (Å²) in [6.45, 7) is 1.06. The van der Waals surface area contributed by atoms with Crippen LogP contribution in [-0.2, 0) is 22.3 Å². The summed E-state index contributed by atoms with van der Waals surface area (Å²) in [6, 6.07) is 12.9. The predicted octanol–water partition coefficient (Wildman–Crippen LogP) is 5.54. The number of alkyl halides is 3. The van der Waals surface area contributed by atoms with Gasteiger partial charge in [0.2, 0.25) is 11.8 Å². The molecule has 1 heterocycles. The number of carbonyl (C=O) groups excluding carboxylic acids is 2. The lowest BCUT2D eigenvalue weighted by Gasteiger charge is -2.41. The van der Waals surface area contributed by atoms with E-state index in [1.807, 2.05) is 42.5 Å². The molecule has 1 fully saturated rings. The fourth-order valence-electron chi connectivity index (χ4n) is 4.51. The van der Waals surface area contributed by atoms with Crippen molar-refractivity contribution in [2.75, 3.05) is 11.9 Å². The van der Waals surface area contributed by atoms with E-state index in [0.717, 1.165) is 24.1 Å². The molecule has 2 aliphatic rings. The predicted molar refractivity (Wildman–Crippen MR) is 116 cm³/mol. The second-order valence-corrected chi connectivity index (χ2v) is 8.58. The monoisotopic (exact) mass is 462 g/mol. The molecule has 0 saturated carbocycles. The first-order valence-electron chi connectivity index (χ1n) is 10.4. The van der Waals surface area contributed by atoms with E-state index in [1.165, 1.54) is 6.07 Å². The Morgan fingerprint density at radius 3 is 2.62 bits per heavy atom. The van der Waals surface area contributed by atoms with Gasteiger partial charge in [0.25, 0.3) is 0 Å². The summed E-state index contributed by atoms with van der Waals surface area (Å²) in [6.07, 6.45) is 0.332. The van der Waals surface area contributed by atoms with Gasteiger partial charge < -0.3 is 10.2 Å². The van der Waals surface area contributed by atoms with Gasteiger partial charge in [-0.15, -0.1) is 0 Å². The van der Waals surface area contributed by atoms with Crippen LogP contribution in [0.15, 0.2) is 60.7 Å². The lowest BCUT2D eigenvalue weighted by atomic mass is 9.71. The molecule has 1 aliphatic heterocycles. The first-order chi connectivity index (χ1) is 15.2. The molecular formula is C24H22ClF3N2O2. The molecular weight excluding hydrogens is 441 g/mol. The number of halogens is 4. The molecule has 0 bridgehead atoms. The highest BCUT2D eigenvalue weighted by Crippen LogP contribution is 2.39. The number of benzene rings is 2. The number of allylic oxidation sites excluding steroid dienone is 2. The highest BCUT2D eigenvalue weighted by atomic mass is 35.5. The third-order valence-electron chi connectivity index (χ3n) is 6.09. The van der Waals surface area contributed by atoms with Gasteiger partial charge >= 0.3 is 6.18 Å². The number of piperidine rings is 1. The van der Waals surface area contributed by atoms with Crippen molar-refractivity contribution >= 4 is 29.1 Å². The summed E-state index contributed by atoms with van der Waals surface area (Å²) in [7, 11) is 0. The summed E-state index contributed by atoms with van der Waals surface area (Å²) >= 11 is 5.67. The highest BCUT2D eigenvalue weighted by Gasteiger charge is 2.44. The number of nitrogens with one attached hydrogen (secondary N) is 1. The smallest absolute Gasteiger partial charge is 0.338 e. The number of likely N-dealkylation sites (tertiary alicyclic amines) is 1. The molecule has 1 saturated heterocycles. The largest absolute Gasteiger partial charge is 0.417 e. The lowest BCUT2D eigenvalue weighted by molar-refractivity contribution is -0.147. The number of amides is 2. The molecule has 32 heavy (non-hydrogen) atoms. The van der Waals surface area contributed by atoms with Gasteiger partial charge in [-0.25, -0.2) is 0 Å². The summed E-state index contributed by atoms with van der Waals surface area (Å²) < 4.78 is 39.5. The maximum atomic E-state index is 13.3. The van der Waals surface area contributed by atoms with Crippen LogP contribution in [0.4, 0.5) is 18.9 Å². The molecule has 0 radical (unpaired) electrons. The Hall–Kier alpha value is -2.80. The maximum absolute atomic E-state index is 13.3. The van der Waals surface area contributed by atoms with E-state index in [2.05, 4.69) is 5.32 Å². The second-order valence-electron chi connectivity index (χ2n) is 8.18. The second kappa shape index (κ2) is 8.98. The Bertz CT molecular complexity index is 1040. The van der Waals surface area contributed by atoms with Gasteiger partial charge in [0.15, 0.2) is 0 Å². The maximum Gasteiger partial charge on any atom is 0.417 e. The first-order valence-corrected chi connectivity index (χ1v) is 10.8. The van der Waals surface area contributed by atoms with E-state index in [4.69, 9.17) is 11.6 Å². The third kappa shape index (κ3) is 4.67. The van der Waals surface area contributed by atoms with Crippen molar-refractivity contribution in [1.82, 2.24) is 4.90 Å². The molecule has 2 unspecified atom stereocenters. The van der Waals surface area contributed by atoms with Gasteiger partial charge in [-0.3, -0.25) is 9.59 Å². The lowest BCUT2D eigenvalue weighted by Crippen LogP contribution is -2.50. The van der Waals surface area contributed by atoms with Gasteiger partial charge in [-0.1, -0.05) is 54.1 Å². The average Bonchev–Trinajstić information content (AvgIpc) is 2.76. The number of rotatable bonds is 4. The number of nitrogens with zero attached hydrogens (tertiary/aromatic N) is 1. The van der Waals surface area contributed by atoms with E-state index in [1.54, 1.807) is 4.90 Å². The van der Waals surface area contributed by atoms with Gasteiger partial charge in [0.1, 0.15) is 0 Å². The SMILES string of the molecule is O=C(Nc1ccc(Cl)c(C(F)(F)F)c1)[C@H]1CC=CC2CCN(Cc3ccccc3)C(=O)C21. The van der Waals surface area contributed by atoms with Crippen LogP contribution >= 0.6 is 11.6 Å². The van der Waals surface area contributed by atoms with Crippen molar-refractivity contribution in [2.24, 2.45) is 17.8 Å². The Balaban J connectivity index is 1.52. The Kier molecular flexibility index (Phi) is 6.29. The van der Waals surface area contributed by atoms with Crippen LogP contribution < -0.4 is 5.32 Å². The number of anilines is 1. The van der Waals surface area contributed by atoms with Crippen LogP contribution in [0.2, 0.25) is 5.02 Å². The van der Waals surface area contributed by atoms with Gasteiger partial charge in [0, 0.05) is 18.8 Å². The molecule has 4 nitrogen and oxygen atoms in total. The van der Waals surface area contributed by atoms with Gasteiger partial charge in [-0.2, -0.15) is 13.2 Å². The van der Waals surface area contributed by atoms with Crippen LogP contribution in [0.5, 0.6) is 0 Å². The summed E-state index contributed by atoms with van der Waals surface area (Å²) in [4.78, 5) is 28.1. The fourth-order valence-corrected chi connectivity index (χ4v) is 4.73. The minimum atomic E-state index is -4.63. The first kappa shape index (κ1) is 22.4. The minimum Gasteiger partial charge on any atom is -0.338 e. The molecule has 2 amide bonds. The van der Waals surface area contributed by atoms with E-state index in [9.17, 15) is 22.8 Å². The Labute approximate surface area is 189 Å². The van der Waals surface area contributed by atoms with Crippen LogP contribution in [0.3, 0.4) is 0 Å². The van der Waals surface area contributed by atoms with E-state index < -0.39 is 34.5 Å². The molecule has 1 aliphatic carbocycles.